The van der Waals surface area contributed by atoms with Crippen molar-refractivity contribution in [3.8, 4) is 0 Å². The molecule has 0 aliphatic carbocycles. The summed E-state index contributed by atoms with van der Waals surface area (Å²) < 4.78 is 5.19. The van der Waals surface area contributed by atoms with E-state index in [-0.39, 0.29) is 11.4 Å². The van der Waals surface area contributed by atoms with Crippen LogP contribution in [0.3, 0.4) is 0 Å². The molecule has 13 heavy (non-hydrogen) atoms. The van der Waals surface area contributed by atoms with Crippen molar-refractivity contribution in [3.63, 3.8) is 0 Å². The number of rotatable bonds is 1. The van der Waals surface area contributed by atoms with Crippen LogP contribution in [0.1, 0.15) is 23.7 Å². The average Bonchev–Trinajstić information content (AvgIpc) is 2.18. The summed E-state index contributed by atoms with van der Waals surface area (Å²) in [5, 5.41) is 0. The summed E-state index contributed by atoms with van der Waals surface area (Å²) in [7, 11) is 0. The highest BCUT2D eigenvalue weighted by Crippen LogP contribution is 2.34. The predicted molar refractivity (Wildman–Crippen MR) is 51.8 cm³/mol. The van der Waals surface area contributed by atoms with Crippen LogP contribution in [-0.2, 0) is 4.74 Å². The molecule has 0 saturated carbocycles. The van der Waals surface area contributed by atoms with Crippen molar-refractivity contribution in [2.24, 2.45) is 0 Å². The fourth-order valence-electron chi connectivity index (χ4n) is 1.25. The van der Waals surface area contributed by atoms with Crippen molar-refractivity contribution < 1.29 is 9.53 Å². The molecule has 1 heterocycles. The van der Waals surface area contributed by atoms with Crippen molar-refractivity contribution in [1.82, 2.24) is 0 Å². The molecule has 1 unspecified atom stereocenters. The fourth-order valence-corrected chi connectivity index (χ4v) is 2.27. The molecule has 0 aromatic heterocycles. The molecule has 0 spiro atoms. The molecule has 0 bridgehead atoms. The Morgan fingerprint density at radius 3 is 3.00 bits per heavy atom. The zero-order valence-electron chi connectivity index (χ0n) is 7.32. The third-order valence-electron chi connectivity index (χ3n) is 1.94. The number of carbonyl (C=O) groups is 1. The van der Waals surface area contributed by atoms with Crippen molar-refractivity contribution >= 4 is 17.7 Å². The molecule has 0 N–H and O–H groups in total. The molecule has 1 aliphatic heterocycles. The molecule has 0 amide bonds. The molecule has 1 atom stereocenters. The molecule has 0 radical (unpaired) electrons. The van der Waals surface area contributed by atoms with E-state index in [0.29, 0.717) is 5.56 Å². The van der Waals surface area contributed by atoms with Gasteiger partial charge in [0.05, 0.1) is 5.56 Å². The molecule has 68 valence electrons. The van der Waals surface area contributed by atoms with Gasteiger partial charge in [-0.1, -0.05) is 30.8 Å². The van der Waals surface area contributed by atoms with E-state index in [9.17, 15) is 4.79 Å². The number of cyclic esters (lactones) is 1. The number of fused-ring (bicyclic) bond motifs is 1. The van der Waals surface area contributed by atoms with Crippen molar-refractivity contribution in [2.45, 2.75) is 23.7 Å². The Morgan fingerprint density at radius 2 is 2.23 bits per heavy atom. The van der Waals surface area contributed by atoms with Crippen LogP contribution in [0.25, 0.3) is 0 Å². The van der Waals surface area contributed by atoms with Gasteiger partial charge in [-0.05, 0) is 18.6 Å². The van der Waals surface area contributed by atoms with E-state index in [1.54, 1.807) is 17.8 Å². The molecule has 1 aromatic carbocycles. The van der Waals surface area contributed by atoms with E-state index >= 15 is 0 Å². The Bertz CT molecular complexity index is 335. The lowest BCUT2D eigenvalue weighted by atomic mass is 10.2. The topological polar surface area (TPSA) is 26.3 Å². The number of hydrogen-bond donors (Lipinski definition) is 0. The van der Waals surface area contributed by atoms with Crippen LogP contribution in [0.4, 0.5) is 0 Å². The summed E-state index contributed by atoms with van der Waals surface area (Å²) in [5.41, 5.74) is 0.680. The van der Waals surface area contributed by atoms with Gasteiger partial charge < -0.3 is 4.74 Å². The smallest absolute Gasteiger partial charge is 0.340 e. The van der Waals surface area contributed by atoms with Crippen LogP contribution in [0.5, 0.6) is 0 Å². The minimum absolute atomic E-state index is 0.0117. The number of hydrogen-bond acceptors (Lipinski definition) is 3. The predicted octanol–water partition coefficient (Wildman–Crippen LogP) is 2.69. The second-order valence-corrected chi connectivity index (χ2v) is 4.06. The maximum Gasteiger partial charge on any atom is 0.340 e. The Morgan fingerprint density at radius 1 is 1.46 bits per heavy atom. The quantitative estimate of drug-likeness (QED) is 0.643. The lowest BCUT2D eigenvalue weighted by Crippen LogP contribution is -2.19. The minimum atomic E-state index is -0.193. The van der Waals surface area contributed by atoms with Crippen LogP contribution in [0.15, 0.2) is 29.2 Å². The largest absolute Gasteiger partial charge is 0.447 e. The van der Waals surface area contributed by atoms with Gasteiger partial charge in [0, 0.05) is 4.90 Å². The van der Waals surface area contributed by atoms with Gasteiger partial charge in [0.2, 0.25) is 0 Å². The molecule has 1 aliphatic rings. The number of carbonyl (C=O) groups excluding carboxylic acids is 1. The Kier molecular flexibility index (Phi) is 2.27. The number of benzene rings is 1. The summed E-state index contributed by atoms with van der Waals surface area (Å²) in [6.07, 6.45) is 0.852. The van der Waals surface area contributed by atoms with Gasteiger partial charge in [-0.25, -0.2) is 4.79 Å². The standard InChI is InChI=1S/C10H10O2S/c1-2-9-12-10(11)7-5-3-4-6-8(7)13-9/h3-6,9H,2H2,1H3. The van der Waals surface area contributed by atoms with Crippen LogP contribution in [0, 0.1) is 0 Å². The Hall–Kier alpha value is -0.960. The first-order valence-electron chi connectivity index (χ1n) is 4.28. The maximum atomic E-state index is 11.4. The lowest BCUT2D eigenvalue weighted by molar-refractivity contribution is 0.0437. The van der Waals surface area contributed by atoms with Gasteiger partial charge in [0.15, 0.2) is 5.44 Å². The van der Waals surface area contributed by atoms with Crippen LogP contribution < -0.4 is 0 Å². The van der Waals surface area contributed by atoms with E-state index in [1.807, 2.05) is 25.1 Å². The molecule has 0 fully saturated rings. The van der Waals surface area contributed by atoms with Gasteiger partial charge in [0.25, 0.3) is 0 Å². The van der Waals surface area contributed by atoms with Gasteiger partial charge in [-0.2, -0.15) is 0 Å². The maximum absolute atomic E-state index is 11.4. The van der Waals surface area contributed by atoms with Gasteiger partial charge >= 0.3 is 5.97 Å². The second-order valence-electron chi connectivity index (χ2n) is 2.86. The SMILES string of the molecule is CCC1OC(=O)c2ccccc2S1. The van der Waals surface area contributed by atoms with Crippen LogP contribution >= 0.6 is 11.8 Å². The van der Waals surface area contributed by atoms with Crippen molar-refractivity contribution in [3.05, 3.63) is 29.8 Å². The fraction of sp³-hybridized carbons (Fsp3) is 0.300. The number of esters is 1. The molecular formula is C10H10O2S. The summed E-state index contributed by atoms with van der Waals surface area (Å²) in [4.78, 5) is 12.5. The average molecular weight is 194 g/mol. The van der Waals surface area contributed by atoms with E-state index in [1.165, 1.54) is 0 Å². The molecule has 0 saturated heterocycles. The highest BCUT2D eigenvalue weighted by molar-refractivity contribution is 8.00. The summed E-state index contributed by atoms with van der Waals surface area (Å²) >= 11 is 1.62. The van der Waals surface area contributed by atoms with Crippen molar-refractivity contribution in [1.29, 1.82) is 0 Å². The monoisotopic (exact) mass is 194 g/mol. The Balaban J connectivity index is 2.37. The number of ether oxygens (including phenoxy) is 1. The molecule has 2 rings (SSSR count). The molecular weight excluding hydrogens is 184 g/mol. The minimum Gasteiger partial charge on any atom is -0.447 e. The van der Waals surface area contributed by atoms with Crippen LogP contribution in [-0.4, -0.2) is 11.4 Å². The lowest BCUT2D eigenvalue weighted by Gasteiger charge is -2.22. The van der Waals surface area contributed by atoms with Gasteiger partial charge in [-0.15, -0.1) is 0 Å². The van der Waals surface area contributed by atoms with Gasteiger partial charge in [0.1, 0.15) is 0 Å². The van der Waals surface area contributed by atoms with Crippen LogP contribution in [0.2, 0.25) is 0 Å². The van der Waals surface area contributed by atoms with E-state index in [4.69, 9.17) is 4.74 Å². The first-order valence-corrected chi connectivity index (χ1v) is 5.16. The zero-order chi connectivity index (χ0) is 9.26. The third kappa shape index (κ3) is 1.56. The summed E-state index contributed by atoms with van der Waals surface area (Å²) in [6, 6.07) is 7.56. The number of thioether (sulfide) groups is 1. The van der Waals surface area contributed by atoms with Gasteiger partial charge in [-0.3, -0.25) is 0 Å². The van der Waals surface area contributed by atoms with E-state index in [0.717, 1.165) is 11.3 Å². The van der Waals surface area contributed by atoms with E-state index in [2.05, 4.69) is 0 Å². The normalized spacial score (nSPS) is 20.7. The summed E-state index contributed by atoms with van der Waals surface area (Å²) in [5.74, 6) is -0.193. The first-order chi connectivity index (χ1) is 6.31. The first kappa shape index (κ1) is 8.63. The molecule has 2 nitrogen and oxygen atoms in total. The Labute approximate surface area is 81.3 Å². The van der Waals surface area contributed by atoms with Crippen molar-refractivity contribution in [2.75, 3.05) is 0 Å². The second kappa shape index (κ2) is 3.42. The highest BCUT2D eigenvalue weighted by Gasteiger charge is 2.24. The molecule has 1 aromatic rings. The third-order valence-corrected chi connectivity index (χ3v) is 3.24. The highest BCUT2D eigenvalue weighted by atomic mass is 32.2. The summed E-state index contributed by atoms with van der Waals surface area (Å²) in [6.45, 7) is 2.01. The zero-order valence-corrected chi connectivity index (χ0v) is 8.14. The van der Waals surface area contributed by atoms with E-state index < -0.39 is 0 Å². The molecule has 3 heteroatoms.